The number of hydrogen-bond acceptors (Lipinski definition) is 5. The minimum Gasteiger partial charge on any atom is -0.504 e. The maximum absolute atomic E-state index is 12.4. The maximum atomic E-state index is 12.4. The second kappa shape index (κ2) is 11.1. The molecule has 0 atom stereocenters. The molecule has 116 valence electrons. The summed E-state index contributed by atoms with van der Waals surface area (Å²) in [6, 6.07) is 0. The molecule has 0 aliphatic rings. The van der Waals surface area contributed by atoms with Crippen molar-refractivity contribution in [2.24, 2.45) is 0 Å². The van der Waals surface area contributed by atoms with E-state index in [0.29, 0.717) is 19.0 Å². The molecule has 0 saturated heterocycles. The normalized spacial score (nSPS) is 13.8. The third kappa shape index (κ3) is 7.90. The van der Waals surface area contributed by atoms with Crippen LogP contribution in [-0.4, -0.2) is 33.6 Å². The lowest BCUT2D eigenvalue weighted by Gasteiger charge is -2.17. The van der Waals surface area contributed by atoms with Crippen molar-refractivity contribution in [3.8, 4) is 0 Å². The van der Waals surface area contributed by atoms with Gasteiger partial charge in [-0.15, -0.1) is 0 Å². The summed E-state index contributed by atoms with van der Waals surface area (Å²) in [6.45, 7) is 4.22. The first-order valence-electron chi connectivity index (χ1n) is 6.17. The van der Waals surface area contributed by atoms with Crippen LogP contribution in [0, 0.1) is 0 Å². The predicted molar refractivity (Wildman–Crippen MR) is 84.0 cm³/mol. The molecule has 0 aliphatic carbocycles. The number of allylic oxidation sites excluding steroid dienone is 3. The van der Waals surface area contributed by atoms with E-state index in [9.17, 15) is 4.57 Å². The van der Waals surface area contributed by atoms with Crippen LogP contribution in [-0.2, 0) is 23.1 Å². The number of rotatable bonds is 10. The topological polar surface area (TPSA) is 54.0 Å². The number of methoxy groups -OCH3 is 2. The minimum absolute atomic E-state index is 0.160. The fraction of sp³-hybridized carbons (Fsp3) is 0.538. The van der Waals surface area contributed by atoms with E-state index in [4.69, 9.17) is 18.5 Å². The van der Waals surface area contributed by atoms with Crippen molar-refractivity contribution < 1.29 is 23.1 Å². The molecule has 0 radical (unpaired) electrons. The Hall–Kier alpha value is -0.550. The van der Waals surface area contributed by atoms with Gasteiger partial charge in [-0.25, -0.2) is 0 Å². The summed E-state index contributed by atoms with van der Waals surface area (Å²) in [4.78, 5) is 1.66. The third-order valence-corrected chi connectivity index (χ3v) is 4.74. The molecule has 0 unspecified atom stereocenters. The Morgan fingerprint density at radius 3 is 2.20 bits per heavy atom. The molecule has 0 bridgehead atoms. The van der Waals surface area contributed by atoms with Gasteiger partial charge in [0.15, 0.2) is 0 Å². The molecule has 0 heterocycles. The van der Waals surface area contributed by atoms with Crippen LogP contribution in [0.1, 0.15) is 13.8 Å². The Morgan fingerprint density at radius 1 is 1.20 bits per heavy atom. The first kappa shape index (κ1) is 19.4. The lowest BCUT2D eigenvalue weighted by Crippen LogP contribution is -2.02. The summed E-state index contributed by atoms with van der Waals surface area (Å²) >= 11 is 3.25. The van der Waals surface area contributed by atoms with Crippen molar-refractivity contribution in [1.82, 2.24) is 0 Å². The van der Waals surface area contributed by atoms with Crippen LogP contribution >= 0.6 is 23.5 Å². The SMILES string of the molecule is CCOP(=O)(CC(=C\Br)/C=C(\C=C\OC)OC)OCC. The largest absolute Gasteiger partial charge is 0.504 e. The van der Waals surface area contributed by atoms with Crippen molar-refractivity contribution in [3.63, 3.8) is 0 Å². The molecule has 0 amide bonds. The predicted octanol–water partition coefficient (Wildman–Crippen LogP) is 4.22. The molecular formula is C13H22BrO5P. The van der Waals surface area contributed by atoms with Gasteiger partial charge in [0, 0.05) is 6.08 Å². The molecule has 7 heteroatoms. The van der Waals surface area contributed by atoms with E-state index in [1.807, 2.05) is 0 Å². The van der Waals surface area contributed by atoms with Gasteiger partial charge >= 0.3 is 7.60 Å². The Labute approximate surface area is 129 Å². The molecule has 0 aromatic rings. The summed E-state index contributed by atoms with van der Waals surface area (Å²) in [5.74, 6) is 0.567. The van der Waals surface area contributed by atoms with Crippen molar-refractivity contribution in [1.29, 1.82) is 0 Å². The molecule has 0 N–H and O–H groups in total. The average molecular weight is 369 g/mol. The summed E-state index contributed by atoms with van der Waals surface area (Å²) in [7, 11) is -0.0493. The molecule has 0 spiro atoms. The molecule has 20 heavy (non-hydrogen) atoms. The van der Waals surface area contributed by atoms with Gasteiger partial charge in [-0.2, -0.15) is 0 Å². The molecule has 0 saturated carbocycles. The Balaban J connectivity index is 5.04. The highest BCUT2D eigenvalue weighted by Gasteiger charge is 2.24. The number of hydrogen-bond donors (Lipinski definition) is 0. The fourth-order valence-corrected chi connectivity index (χ4v) is 3.57. The monoisotopic (exact) mass is 368 g/mol. The molecular weight excluding hydrogens is 347 g/mol. The van der Waals surface area contributed by atoms with E-state index in [1.165, 1.54) is 6.26 Å². The summed E-state index contributed by atoms with van der Waals surface area (Å²) in [5, 5.41) is 0. The minimum atomic E-state index is -3.14. The second-order valence-corrected chi connectivity index (χ2v) is 6.09. The van der Waals surface area contributed by atoms with Crippen molar-refractivity contribution in [3.05, 3.63) is 34.7 Å². The van der Waals surface area contributed by atoms with Gasteiger partial charge in [0.2, 0.25) is 0 Å². The highest BCUT2D eigenvalue weighted by molar-refractivity contribution is 9.11. The van der Waals surface area contributed by atoms with Gasteiger partial charge < -0.3 is 18.5 Å². The summed E-state index contributed by atoms with van der Waals surface area (Å²) < 4.78 is 33.0. The quantitative estimate of drug-likeness (QED) is 0.328. The lowest BCUT2D eigenvalue weighted by atomic mass is 10.3. The van der Waals surface area contributed by atoms with Crippen LogP contribution in [0.15, 0.2) is 34.7 Å². The number of halogens is 1. The molecule has 0 fully saturated rings. The van der Waals surface area contributed by atoms with E-state index >= 15 is 0 Å². The zero-order valence-electron chi connectivity index (χ0n) is 12.3. The van der Waals surface area contributed by atoms with Crippen LogP contribution in [0.5, 0.6) is 0 Å². The Bertz CT molecular complexity index is 394. The van der Waals surface area contributed by atoms with Crippen LogP contribution in [0.3, 0.4) is 0 Å². The Kier molecular flexibility index (Phi) is 10.8. The van der Waals surface area contributed by atoms with Gasteiger partial charge in [0.25, 0.3) is 0 Å². The number of ether oxygens (including phenoxy) is 2. The van der Waals surface area contributed by atoms with E-state index in [0.717, 1.165) is 5.57 Å². The van der Waals surface area contributed by atoms with Gasteiger partial charge in [-0.1, -0.05) is 15.9 Å². The van der Waals surface area contributed by atoms with E-state index in [-0.39, 0.29) is 6.16 Å². The van der Waals surface area contributed by atoms with Crippen molar-refractivity contribution >= 4 is 23.5 Å². The maximum Gasteiger partial charge on any atom is 0.335 e. The molecule has 0 rings (SSSR count). The average Bonchev–Trinajstić information content (AvgIpc) is 2.42. The lowest BCUT2D eigenvalue weighted by molar-refractivity contribution is 0.222. The zero-order chi connectivity index (χ0) is 15.4. The molecule has 0 aliphatic heterocycles. The first-order chi connectivity index (χ1) is 9.55. The van der Waals surface area contributed by atoms with Crippen LogP contribution in [0.25, 0.3) is 0 Å². The van der Waals surface area contributed by atoms with Crippen LogP contribution in [0.4, 0.5) is 0 Å². The van der Waals surface area contributed by atoms with Crippen LogP contribution < -0.4 is 0 Å². The van der Waals surface area contributed by atoms with E-state index in [2.05, 4.69) is 15.9 Å². The summed E-state index contributed by atoms with van der Waals surface area (Å²) in [6.07, 6.45) is 5.04. The van der Waals surface area contributed by atoms with Crippen molar-refractivity contribution in [2.45, 2.75) is 13.8 Å². The summed E-state index contributed by atoms with van der Waals surface area (Å²) in [5.41, 5.74) is 0.729. The van der Waals surface area contributed by atoms with Gasteiger partial charge in [-0.05, 0) is 30.5 Å². The van der Waals surface area contributed by atoms with E-state index in [1.54, 1.807) is 45.2 Å². The highest BCUT2D eigenvalue weighted by atomic mass is 79.9. The van der Waals surface area contributed by atoms with Crippen LogP contribution in [0.2, 0.25) is 0 Å². The first-order valence-corrected chi connectivity index (χ1v) is 8.82. The molecule has 0 aromatic carbocycles. The van der Waals surface area contributed by atoms with Gasteiger partial charge in [0.1, 0.15) is 5.76 Å². The highest BCUT2D eigenvalue weighted by Crippen LogP contribution is 2.49. The Morgan fingerprint density at radius 2 is 1.80 bits per heavy atom. The zero-order valence-corrected chi connectivity index (χ0v) is 14.8. The molecule has 5 nitrogen and oxygen atoms in total. The second-order valence-electron chi connectivity index (χ2n) is 3.58. The third-order valence-electron chi connectivity index (χ3n) is 2.10. The fourth-order valence-electron chi connectivity index (χ4n) is 1.35. The van der Waals surface area contributed by atoms with E-state index < -0.39 is 7.60 Å². The van der Waals surface area contributed by atoms with Gasteiger partial charge in [-0.3, -0.25) is 4.57 Å². The van der Waals surface area contributed by atoms with Crippen molar-refractivity contribution in [2.75, 3.05) is 33.6 Å². The smallest absolute Gasteiger partial charge is 0.335 e. The standard InChI is InChI=1S/C13H22BrO5P/c1-5-18-20(15,19-6-2)11-12(10-14)9-13(17-4)7-8-16-3/h7-10H,5-6,11H2,1-4H3/b8-7+,12-10-,13-9+. The molecule has 0 aromatic heterocycles. The van der Waals surface area contributed by atoms with Gasteiger partial charge in [0.05, 0.1) is 39.9 Å².